The highest BCUT2D eigenvalue weighted by Gasteiger charge is 2.06. The molecule has 3 rings (SSSR count). The molecule has 3 aromatic rings. The van der Waals surface area contributed by atoms with Crippen LogP contribution in [0.25, 0.3) is 10.9 Å². The molecule has 0 amide bonds. The molecule has 106 valence electrons. The molecule has 0 aliphatic rings. The summed E-state index contributed by atoms with van der Waals surface area (Å²) in [6.07, 6.45) is 1.83. The SMILES string of the molecule is Cc1ccc(NCc2ccc(Br)c3cccnc23)c(C)n1. The number of hydrogen-bond acceptors (Lipinski definition) is 3. The van der Waals surface area contributed by atoms with E-state index in [1.807, 2.05) is 32.2 Å². The number of aryl methyl sites for hydroxylation is 2. The van der Waals surface area contributed by atoms with Gasteiger partial charge < -0.3 is 5.32 Å². The summed E-state index contributed by atoms with van der Waals surface area (Å²) in [4.78, 5) is 8.98. The van der Waals surface area contributed by atoms with Gasteiger partial charge in [-0.1, -0.05) is 28.1 Å². The minimum Gasteiger partial charge on any atom is -0.379 e. The Morgan fingerprint density at radius 1 is 1.10 bits per heavy atom. The van der Waals surface area contributed by atoms with E-state index < -0.39 is 0 Å². The minimum absolute atomic E-state index is 0.729. The third-order valence-electron chi connectivity index (χ3n) is 3.49. The predicted molar refractivity (Wildman–Crippen MR) is 90.5 cm³/mol. The summed E-state index contributed by atoms with van der Waals surface area (Å²) in [6.45, 7) is 4.75. The molecule has 0 atom stereocenters. The van der Waals surface area contributed by atoms with Crippen LogP contribution in [-0.2, 0) is 6.54 Å². The maximum absolute atomic E-state index is 4.51. The number of halogens is 1. The molecule has 0 aliphatic carbocycles. The average molecular weight is 342 g/mol. The number of fused-ring (bicyclic) bond motifs is 1. The molecule has 1 aromatic carbocycles. The normalized spacial score (nSPS) is 10.8. The van der Waals surface area contributed by atoms with E-state index >= 15 is 0 Å². The zero-order chi connectivity index (χ0) is 14.8. The Kier molecular flexibility index (Phi) is 3.88. The first-order chi connectivity index (χ1) is 10.1. The molecule has 0 saturated carbocycles. The number of nitrogens with one attached hydrogen (secondary N) is 1. The van der Waals surface area contributed by atoms with Crippen molar-refractivity contribution in [1.82, 2.24) is 9.97 Å². The van der Waals surface area contributed by atoms with Crippen molar-refractivity contribution in [2.75, 3.05) is 5.32 Å². The summed E-state index contributed by atoms with van der Waals surface area (Å²) >= 11 is 3.58. The molecule has 0 radical (unpaired) electrons. The van der Waals surface area contributed by atoms with Crippen LogP contribution in [0.3, 0.4) is 0 Å². The zero-order valence-electron chi connectivity index (χ0n) is 12.0. The van der Waals surface area contributed by atoms with Gasteiger partial charge in [0.2, 0.25) is 0 Å². The van der Waals surface area contributed by atoms with Crippen LogP contribution >= 0.6 is 15.9 Å². The lowest BCUT2D eigenvalue weighted by molar-refractivity contribution is 1.08. The molecule has 0 aliphatic heterocycles. The average Bonchev–Trinajstić information content (AvgIpc) is 2.48. The summed E-state index contributed by atoms with van der Waals surface area (Å²) in [5, 5.41) is 4.59. The third-order valence-corrected chi connectivity index (χ3v) is 4.19. The molecule has 0 spiro atoms. The van der Waals surface area contributed by atoms with Crippen LogP contribution < -0.4 is 5.32 Å². The fourth-order valence-electron chi connectivity index (χ4n) is 2.40. The molecule has 0 fully saturated rings. The Labute approximate surface area is 132 Å². The second kappa shape index (κ2) is 5.82. The van der Waals surface area contributed by atoms with Crippen LogP contribution in [0.2, 0.25) is 0 Å². The van der Waals surface area contributed by atoms with Crippen molar-refractivity contribution in [3.05, 3.63) is 64.0 Å². The van der Waals surface area contributed by atoms with Gasteiger partial charge in [-0.25, -0.2) is 0 Å². The van der Waals surface area contributed by atoms with E-state index in [2.05, 4.69) is 55.5 Å². The minimum atomic E-state index is 0.729. The van der Waals surface area contributed by atoms with Gasteiger partial charge in [-0.3, -0.25) is 9.97 Å². The summed E-state index contributed by atoms with van der Waals surface area (Å²) < 4.78 is 1.07. The standard InChI is InChI=1S/C17H16BrN3/c1-11-5-8-16(12(2)21-11)20-10-13-6-7-15(18)14-4-3-9-19-17(13)14/h3-9,20H,10H2,1-2H3. The smallest absolute Gasteiger partial charge is 0.0763 e. The van der Waals surface area contributed by atoms with Crippen molar-refractivity contribution in [3.8, 4) is 0 Å². The molecular weight excluding hydrogens is 326 g/mol. The molecule has 2 aromatic heterocycles. The van der Waals surface area contributed by atoms with Gasteiger partial charge >= 0.3 is 0 Å². The highest BCUT2D eigenvalue weighted by Crippen LogP contribution is 2.26. The molecule has 0 saturated heterocycles. The van der Waals surface area contributed by atoms with Crippen LogP contribution in [-0.4, -0.2) is 9.97 Å². The van der Waals surface area contributed by atoms with Gasteiger partial charge in [-0.15, -0.1) is 0 Å². The van der Waals surface area contributed by atoms with Crippen molar-refractivity contribution >= 4 is 32.5 Å². The van der Waals surface area contributed by atoms with E-state index in [9.17, 15) is 0 Å². The van der Waals surface area contributed by atoms with Crippen LogP contribution in [0.15, 0.2) is 47.1 Å². The quantitative estimate of drug-likeness (QED) is 0.755. The molecule has 3 nitrogen and oxygen atoms in total. The van der Waals surface area contributed by atoms with Gasteiger partial charge in [0.25, 0.3) is 0 Å². The van der Waals surface area contributed by atoms with E-state index in [-0.39, 0.29) is 0 Å². The molecular formula is C17H16BrN3. The number of hydrogen-bond donors (Lipinski definition) is 1. The fraction of sp³-hybridized carbons (Fsp3) is 0.176. The first kappa shape index (κ1) is 14.0. The lowest BCUT2D eigenvalue weighted by atomic mass is 10.1. The van der Waals surface area contributed by atoms with Crippen LogP contribution in [0.4, 0.5) is 5.69 Å². The number of rotatable bonds is 3. The van der Waals surface area contributed by atoms with Gasteiger partial charge in [0, 0.05) is 28.3 Å². The molecule has 21 heavy (non-hydrogen) atoms. The molecule has 0 bridgehead atoms. The first-order valence-electron chi connectivity index (χ1n) is 6.85. The summed E-state index contributed by atoms with van der Waals surface area (Å²) in [5.74, 6) is 0. The van der Waals surface area contributed by atoms with E-state index in [1.165, 1.54) is 5.56 Å². The Hall–Kier alpha value is -1.94. The van der Waals surface area contributed by atoms with E-state index in [0.29, 0.717) is 0 Å². The van der Waals surface area contributed by atoms with Crippen molar-refractivity contribution in [2.45, 2.75) is 20.4 Å². The summed E-state index contributed by atoms with van der Waals surface area (Å²) in [5.41, 5.74) is 5.32. The maximum atomic E-state index is 4.51. The number of benzene rings is 1. The monoisotopic (exact) mass is 341 g/mol. The van der Waals surface area contributed by atoms with E-state index in [4.69, 9.17) is 0 Å². The van der Waals surface area contributed by atoms with Gasteiger partial charge in [0.1, 0.15) is 0 Å². The number of anilines is 1. The second-order valence-corrected chi connectivity index (χ2v) is 5.90. The Morgan fingerprint density at radius 2 is 1.95 bits per heavy atom. The topological polar surface area (TPSA) is 37.8 Å². The highest BCUT2D eigenvalue weighted by atomic mass is 79.9. The number of aromatic nitrogens is 2. The van der Waals surface area contributed by atoms with Crippen molar-refractivity contribution in [3.63, 3.8) is 0 Å². The summed E-state index contributed by atoms with van der Waals surface area (Å²) in [7, 11) is 0. The van der Waals surface area contributed by atoms with Crippen LogP contribution in [0.1, 0.15) is 17.0 Å². The van der Waals surface area contributed by atoms with Crippen molar-refractivity contribution in [2.24, 2.45) is 0 Å². The highest BCUT2D eigenvalue weighted by molar-refractivity contribution is 9.10. The number of pyridine rings is 2. The fourth-order valence-corrected chi connectivity index (χ4v) is 2.85. The van der Waals surface area contributed by atoms with Gasteiger partial charge in [-0.2, -0.15) is 0 Å². The Bertz CT molecular complexity index is 799. The van der Waals surface area contributed by atoms with Gasteiger partial charge in [0.15, 0.2) is 0 Å². The number of nitrogens with zero attached hydrogens (tertiary/aromatic N) is 2. The van der Waals surface area contributed by atoms with Crippen molar-refractivity contribution in [1.29, 1.82) is 0 Å². The molecule has 1 N–H and O–H groups in total. The van der Waals surface area contributed by atoms with Crippen LogP contribution in [0, 0.1) is 13.8 Å². The Balaban J connectivity index is 1.90. The molecule has 4 heteroatoms. The van der Waals surface area contributed by atoms with Crippen LogP contribution in [0.5, 0.6) is 0 Å². The zero-order valence-corrected chi connectivity index (χ0v) is 13.6. The van der Waals surface area contributed by atoms with Gasteiger partial charge in [-0.05, 0) is 43.7 Å². The first-order valence-corrected chi connectivity index (χ1v) is 7.64. The maximum Gasteiger partial charge on any atom is 0.0763 e. The predicted octanol–water partition coefficient (Wildman–Crippen LogP) is 4.62. The lowest BCUT2D eigenvalue weighted by Gasteiger charge is -2.11. The van der Waals surface area contributed by atoms with Gasteiger partial charge in [0.05, 0.1) is 16.9 Å². The van der Waals surface area contributed by atoms with E-state index in [0.717, 1.165) is 39.0 Å². The molecule has 2 heterocycles. The van der Waals surface area contributed by atoms with Crippen molar-refractivity contribution < 1.29 is 0 Å². The third kappa shape index (κ3) is 2.90. The Morgan fingerprint density at radius 3 is 2.76 bits per heavy atom. The van der Waals surface area contributed by atoms with E-state index in [1.54, 1.807) is 0 Å². The summed E-state index contributed by atoms with van der Waals surface area (Å²) in [6, 6.07) is 12.3. The largest absolute Gasteiger partial charge is 0.379 e. The molecule has 0 unspecified atom stereocenters. The second-order valence-electron chi connectivity index (χ2n) is 5.05. The lowest BCUT2D eigenvalue weighted by Crippen LogP contribution is -2.03.